The smallest absolute Gasteiger partial charge is 0.321 e. The van der Waals surface area contributed by atoms with Crippen molar-refractivity contribution in [1.82, 2.24) is 52.3 Å². The molecule has 0 aliphatic carbocycles. The molecule has 1 aromatic rings. The van der Waals surface area contributed by atoms with Crippen molar-refractivity contribution in [2.75, 3.05) is 31.2 Å². The Balaban J connectivity index is 1.78. The van der Waals surface area contributed by atoms with Crippen LogP contribution in [0.15, 0.2) is 24.3 Å². The molecule has 0 bridgehead atoms. The number of phenolic OH excluding ortho intramolecular Hbond substituents is 1. The van der Waals surface area contributed by atoms with Crippen LogP contribution in [0, 0.1) is 5.92 Å². The van der Waals surface area contributed by atoms with Crippen molar-refractivity contribution in [3.05, 3.63) is 29.8 Å². The summed E-state index contributed by atoms with van der Waals surface area (Å²) in [7, 11) is 1.97. The van der Waals surface area contributed by atoms with Gasteiger partial charge in [-0.2, -0.15) is 0 Å². The standard InChI is InChI=1S/C51H80N12O15S2/c1-6-8-11-31(52)43(69)58-35-24-79-80-25-39(55-33(51(77)78)22-29-14-16-30(66)17-15-29)59-44(70)32(18-19-38(53)67)56-47(73)36-12-9-20-62(36)49(75)37-13-10-21-63(37)50(76)40(26(3)7-2)60-45(71)34(23-64)57-42(68)27(4)54-48(74)41(28(5)65)61-46(35)72/h14-17,26-28,31-37,39-41,55,64-66H,6-13,18-25,52H2,1-5H3,(H2,53,67)(H,54,74)(H,56,73)(H,57,68)(H,58,69)(H,59,70)(H,60,71)(H,61,72)(H,77,78)/t26-,27-,28+,31-,32-,33-,34-,35-,36-,37-,39+,40-,41-/m0/s1. The predicted molar refractivity (Wildman–Crippen MR) is 294 cm³/mol. The van der Waals surface area contributed by atoms with Gasteiger partial charge in [0.2, 0.25) is 59.1 Å². The highest BCUT2D eigenvalue weighted by molar-refractivity contribution is 8.76. The zero-order valence-corrected chi connectivity index (χ0v) is 47.4. The van der Waals surface area contributed by atoms with Crippen LogP contribution in [-0.4, -0.2) is 199 Å². The number of carbonyl (C=O) groups excluding carboxylic acids is 10. The molecule has 3 heterocycles. The lowest BCUT2D eigenvalue weighted by Gasteiger charge is -2.35. The number of carbonyl (C=O) groups is 11. The van der Waals surface area contributed by atoms with Gasteiger partial charge in [-0.1, -0.05) is 73.8 Å². The van der Waals surface area contributed by atoms with Gasteiger partial charge in [0.1, 0.15) is 60.1 Å². The number of carboxylic acids is 1. The zero-order chi connectivity index (χ0) is 59.4. The number of unbranched alkanes of at least 4 members (excludes halogenated alkanes) is 1. The second-order valence-electron chi connectivity index (χ2n) is 20.4. The van der Waals surface area contributed by atoms with E-state index in [0.717, 1.165) is 21.6 Å². The second kappa shape index (κ2) is 32.2. The summed E-state index contributed by atoms with van der Waals surface area (Å²) >= 11 is 0. The second-order valence-corrected chi connectivity index (χ2v) is 22.9. The summed E-state index contributed by atoms with van der Waals surface area (Å²) in [6, 6.07) is -7.98. The van der Waals surface area contributed by atoms with E-state index in [1.807, 2.05) is 6.92 Å². The van der Waals surface area contributed by atoms with Crippen LogP contribution in [0.4, 0.5) is 0 Å². The van der Waals surface area contributed by atoms with E-state index < -0.39 is 150 Å². The molecule has 16 N–H and O–H groups in total. The number of hydrogen-bond acceptors (Lipinski definition) is 18. The van der Waals surface area contributed by atoms with Crippen molar-refractivity contribution in [3.63, 3.8) is 0 Å². The van der Waals surface area contributed by atoms with E-state index in [0.29, 0.717) is 37.7 Å². The van der Waals surface area contributed by atoms with Crippen molar-refractivity contribution in [2.24, 2.45) is 17.4 Å². The molecular formula is C51H80N12O15S2. The molecule has 0 unspecified atom stereocenters. The number of aliphatic carboxylic acids is 1. The third-order valence-corrected chi connectivity index (χ3v) is 16.6. The topological polar surface area (TPSA) is 423 Å². The number of primary amides is 1. The Morgan fingerprint density at radius 2 is 1.36 bits per heavy atom. The summed E-state index contributed by atoms with van der Waals surface area (Å²) in [6.07, 6.45) is -0.722. The van der Waals surface area contributed by atoms with Gasteiger partial charge in [0, 0.05) is 31.0 Å². The van der Waals surface area contributed by atoms with Gasteiger partial charge in [-0.25, -0.2) is 0 Å². The first kappa shape index (κ1) is 66.2. The number of aliphatic hydroxyl groups is 2. The molecule has 1 aromatic carbocycles. The maximum absolute atomic E-state index is 14.5. The molecule has 13 atom stereocenters. The Morgan fingerprint density at radius 1 is 0.762 bits per heavy atom. The third kappa shape index (κ3) is 19.5. The number of fused-ring (bicyclic) bond motifs is 2. The predicted octanol–water partition coefficient (Wildman–Crippen LogP) is -3.07. The number of nitrogens with one attached hydrogen (secondary N) is 8. The number of rotatable bonds is 17. The van der Waals surface area contributed by atoms with E-state index in [4.69, 9.17) is 11.5 Å². The Morgan fingerprint density at radius 3 is 1.96 bits per heavy atom. The average Bonchev–Trinajstić information content (AvgIpc) is 4.20. The number of aromatic hydroxyl groups is 1. The summed E-state index contributed by atoms with van der Waals surface area (Å²) in [5.41, 5.74) is 12.2. The third-order valence-electron chi connectivity index (χ3n) is 14.2. The first-order valence-corrected chi connectivity index (χ1v) is 29.5. The van der Waals surface area contributed by atoms with Crippen LogP contribution in [-0.2, 0) is 59.2 Å². The number of nitrogens with two attached hydrogens (primary N) is 2. The van der Waals surface area contributed by atoms with Gasteiger partial charge in [-0.05, 0) is 82.4 Å². The Labute approximate surface area is 472 Å². The minimum absolute atomic E-state index is 0.0680. The highest BCUT2D eigenvalue weighted by Crippen LogP contribution is 2.28. The fourth-order valence-electron chi connectivity index (χ4n) is 9.22. The minimum atomic E-state index is -1.75. The number of hydrogen-bond donors (Lipinski definition) is 14. The molecule has 4 rings (SSSR count). The zero-order valence-electron chi connectivity index (χ0n) is 45.8. The number of nitrogens with zero attached hydrogens (tertiary/aromatic N) is 2. The van der Waals surface area contributed by atoms with Gasteiger partial charge in [-0.3, -0.25) is 58.1 Å². The molecule has 27 nitrogen and oxygen atoms in total. The Hall–Kier alpha value is -6.27. The fourth-order valence-corrected chi connectivity index (χ4v) is 11.5. The lowest BCUT2D eigenvalue weighted by molar-refractivity contribution is -0.149. The van der Waals surface area contributed by atoms with Crippen molar-refractivity contribution in [3.8, 4) is 5.75 Å². The van der Waals surface area contributed by atoms with Crippen LogP contribution in [0.1, 0.15) is 104 Å². The van der Waals surface area contributed by atoms with Crippen molar-refractivity contribution < 1.29 is 73.2 Å². The van der Waals surface area contributed by atoms with Gasteiger partial charge in [0.25, 0.3) is 0 Å². The molecule has 3 aliphatic heterocycles. The summed E-state index contributed by atoms with van der Waals surface area (Å²) < 4.78 is 0. The number of amides is 10. The Kier molecular flexibility index (Phi) is 26.7. The van der Waals surface area contributed by atoms with Crippen molar-refractivity contribution in [1.29, 1.82) is 0 Å². The normalized spacial score (nSPS) is 27.2. The SMILES string of the molecule is CCCC[C@H](N)C(=O)N[C@H]1CSSC[C@H](N[C@@H](Cc2ccc(O)cc2)C(=O)O)NC(=O)[C@H](CCC(N)=O)NC(=O)[C@@H]2CCCN2C(=O)[C@@H]2CCCN2C(=O)[C@H]([C@@H](C)CC)NC(=O)[C@H](CO)NC(=O)[C@H](C)NC(=O)[C@H]([C@@H](C)O)NC1=O. The molecule has 10 amide bonds. The van der Waals surface area contributed by atoms with Gasteiger partial charge in [0.05, 0.1) is 24.9 Å². The molecule has 446 valence electrons. The molecule has 80 heavy (non-hydrogen) atoms. The molecule has 29 heteroatoms. The van der Waals surface area contributed by atoms with Crippen LogP contribution in [0.25, 0.3) is 0 Å². The first-order chi connectivity index (χ1) is 37.9. The number of aliphatic hydroxyl groups excluding tert-OH is 2. The van der Waals surface area contributed by atoms with Crippen molar-refractivity contribution >= 4 is 86.6 Å². The van der Waals surface area contributed by atoms with Crippen LogP contribution < -0.4 is 54.0 Å². The summed E-state index contributed by atoms with van der Waals surface area (Å²) in [5, 5.41) is 62.1. The van der Waals surface area contributed by atoms with E-state index >= 15 is 0 Å². The maximum Gasteiger partial charge on any atom is 0.321 e. The number of benzene rings is 1. The van der Waals surface area contributed by atoms with Crippen LogP contribution >= 0.6 is 21.6 Å². The van der Waals surface area contributed by atoms with Gasteiger partial charge < -0.3 is 78.9 Å². The molecule has 3 fully saturated rings. The maximum atomic E-state index is 14.5. The molecule has 3 aliphatic rings. The molecule has 0 radical (unpaired) electrons. The largest absolute Gasteiger partial charge is 0.508 e. The molecule has 0 saturated carbocycles. The summed E-state index contributed by atoms with van der Waals surface area (Å²) in [5.74, 6) is -10.8. The molecular weight excluding hydrogens is 1080 g/mol. The van der Waals surface area contributed by atoms with Crippen molar-refractivity contribution in [2.45, 2.75) is 178 Å². The highest BCUT2D eigenvalue weighted by atomic mass is 33.1. The van der Waals surface area contributed by atoms with Gasteiger partial charge in [-0.15, -0.1) is 0 Å². The Bertz CT molecular complexity index is 2350. The van der Waals surface area contributed by atoms with Gasteiger partial charge in [0.15, 0.2) is 0 Å². The van der Waals surface area contributed by atoms with Crippen LogP contribution in [0.2, 0.25) is 0 Å². The summed E-state index contributed by atoms with van der Waals surface area (Å²) in [4.78, 5) is 154. The quantitative estimate of drug-likeness (QED) is 0.0688. The minimum Gasteiger partial charge on any atom is -0.508 e. The molecule has 0 aromatic heterocycles. The van der Waals surface area contributed by atoms with E-state index in [9.17, 15) is 73.2 Å². The number of carboxylic acid groups (broad SMARTS) is 1. The van der Waals surface area contributed by atoms with Crippen LogP contribution in [0.3, 0.4) is 0 Å². The first-order valence-electron chi connectivity index (χ1n) is 27.0. The van der Waals surface area contributed by atoms with Crippen LogP contribution in [0.5, 0.6) is 5.75 Å². The molecule has 3 saturated heterocycles. The lowest BCUT2D eigenvalue weighted by Crippen LogP contribution is -2.62. The summed E-state index contributed by atoms with van der Waals surface area (Å²) in [6.45, 7) is 7.01. The average molecular weight is 1170 g/mol. The van der Waals surface area contributed by atoms with E-state index in [2.05, 4.69) is 42.5 Å². The van der Waals surface area contributed by atoms with E-state index in [1.54, 1.807) is 13.8 Å². The van der Waals surface area contributed by atoms with E-state index in [-0.39, 0.29) is 68.9 Å². The highest BCUT2D eigenvalue weighted by Gasteiger charge is 2.45. The van der Waals surface area contributed by atoms with E-state index in [1.165, 1.54) is 47.9 Å². The molecule has 0 spiro atoms. The monoisotopic (exact) mass is 1160 g/mol. The van der Waals surface area contributed by atoms with Gasteiger partial charge >= 0.3 is 5.97 Å². The number of phenols is 1. The lowest BCUT2D eigenvalue weighted by atomic mass is 9.96. The fraction of sp³-hybridized carbons (Fsp3) is 0.667.